The first kappa shape index (κ1) is 109. The van der Waals surface area contributed by atoms with Crippen LogP contribution in [0.3, 0.4) is 0 Å². The summed E-state index contributed by atoms with van der Waals surface area (Å²) in [6, 6.07) is 0. The Balaban J connectivity index is -0.000000109. The van der Waals surface area contributed by atoms with Crippen molar-refractivity contribution in [3.8, 4) is 0 Å². The first-order chi connectivity index (χ1) is 42.1. The summed E-state index contributed by atoms with van der Waals surface area (Å²) in [6.07, 6.45) is 53.4. The van der Waals surface area contributed by atoms with Crippen LogP contribution >= 0.6 is 76.6 Å². The minimum absolute atomic E-state index is 0. The Kier molecular flexibility index (Phi) is 149. The zero-order valence-corrected chi connectivity index (χ0v) is 65.8. The van der Waals surface area contributed by atoms with Gasteiger partial charge in [0.25, 0.3) is 6.47 Å². The van der Waals surface area contributed by atoms with E-state index in [1.54, 1.807) is 0 Å². The van der Waals surface area contributed by atoms with E-state index in [4.69, 9.17) is 41.9 Å². The zero-order chi connectivity index (χ0) is 65.2. The molecule has 0 amide bonds. The monoisotopic (exact) mass is 1490 g/mol. The number of alkyl halides is 1. The molecule has 0 bridgehead atoms. The SMILES string of the molecule is C=CC(=O)Cl.C=CC(=O)OCCSCCCCCCCCCCCCCC.CCCCCCCCCCCCCCBr.CCCCCCCCCCCCCCSCCO.O=CO[O-].OCCS.OOOOOOOOOOOOOOOOOS.[H-].[K+].[K+]. The van der Waals surface area contributed by atoms with E-state index >= 15 is 0 Å². The van der Waals surface area contributed by atoms with Crippen LogP contribution in [0.2, 0.25) is 0 Å². The number of ether oxygens (including phenoxy) is 1. The van der Waals surface area contributed by atoms with Gasteiger partial charge < -0.3 is 26.5 Å². The largest absolute Gasteiger partial charge is 1.00 e. The van der Waals surface area contributed by atoms with Crippen LogP contribution in [-0.2, 0) is 104 Å². The van der Waals surface area contributed by atoms with Gasteiger partial charge in [0.1, 0.15) is 6.61 Å². The molecule has 0 saturated carbocycles. The van der Waals surface area contributed by atoms with Crippen LogP contribution in [0, 0.1) is 0 Å². The van der Waals surface area contributed by atoms with E-state index in [9.17, 15) is 9.59 Å². The number of thioether (sulfide) groups is 2. The Morgan fingerprint density at radius 3 is 0.977 bits per heavy atom. The Hall–Kier alpha value is 2.73. The number of hydrogen-bond donors (Lipinski definition) is 5. The molecule has 88 heavy (non-hydrogen) atoms. The molecule has 0 aromatic carbocycles. The first-order valence-electron chi connectivity index (χ1n) is 30.0. The summed E-state index contributed by atoms with van der Waals surface area (Å²) < 4.78 is 8.49. The number of halogens is 2. The van der Waals surface area contributed by atoms with Crippen molar-refractivity contribution in [3.63, 3.8) is 0 Å². The molecule has 0 heterocycles. The van der Waals surface area contributed by atoms with E-state index in [-0.39, 0.29) is 123 Å². The zero-order valence-electron chi connectivity index (χ0n) is 54.8. The van der Waals surface area contributed by atoms with Gasteiger partial charge in [0.2, 0.25) is 5.24 Å². The Morgan fingerprint density at radius 1 is 0.489 bits per heavy atom. The number of carbonyl (C=O) groups is 3. The molecule has 33 heteroatoms. The van der Waals surface area contributed by atoms with Crippen molar-refractivity contribution in [3.05, 3.63) is 25.3 Å². The average molecular weight is 1500 g/mol. The molecule has 0 atom stereocenters. The van der Waals surface area contributed by atoms with E-state index in [1.807, 2.05) is 23.5 Å². The van der Waals surface area contributed by atoms with Crippen LogP contribution in [0.1, 0.15) is 253 Å². The van der Waals surface area contributed by atoms with Gasteiger partial charge in [-0.2, -0.15) is 36.2 Å². The number of unbranched alkanes of at least 4 members (excludes halogenated alkanes) is 33. The summed E-state index contributed by atoms with van der Waals surface area (Å²) in [7, 11) is 0. The van der Waals surface area contributed by atoms with Crippen LogP contribution in [0.15, 0.2) is 25.3 Å². The van der Waals surface area contributed by atoms with Crippen molar-refractivity contribution >= 4 is 94.3 Å². The van der Waals surface area contributed by atoms with Crippen LogP contribution in [0.25, 0.3) is 0 Å². The van der Waals surface area contributed by atoms with E-state index in [0.717, 1.165) is 17.6 Å². The topological polar surface area (TPSA) is 301 Å². The van der Waals surface area contributed by atoms with Crippen molar-refractivity contribution in [2.24, 2.45) is 0 Å². The molecule has 0 aliphatic heterocycles. The number of aliphatic hydroxyl groups excluding tert-OH is 2. The van der Waals surface area contributed by atoms with Gasteiger partial charge >= 0.3 is 109 Å². The van der Waals surface area contributed by atoms with E-state index in [1.165, 1.54) is 254 Å². The van der Waals surface area contributed by atoms with Gasteiger partial charge in [-0.05, 0) is 124 Å². The van der Waals surface area contributed by atoms with Crippen LogP contribution < -0.4 is 108 Å². The van der Waals surface area contributed by atoms with Gasteiger partial charge in [0, 0.05) is 41.6 Å². The molecular formula is C55H112BrClK2O25S4. The second kappa shape index (κ2) is 120. The number of rotatable bonds is 62. The molecule has 0 spiro atoms. The predicted molar refractivity (Wildman–Crippen MR) is 339 cm³/mol. The molecule has 0 radical (unpaired) electrons. The third kappa shape index (κ3) is 145. The fourth-order valence-electron chi connectivity index (χ4n) is 6.72. The summed E-state index contributed by atoms with van der Waals surface area (Å²) in [5.41, 5.74) is 0. The summed E-state index contributed by atoms with van der Waals surface area (Å²) >= 11 is 18.7. The van der Waals surface area contributed by atoms with Crippen molar-refractivity contribution in [2.75, 3.05) is 53.9 Å². The fourth-order valence-corrected chi connectivity index (χ4v) is 8.69. The standard InChI is InChI=1S/C19H36O2S.C16H34OS.C14H29Br.C3H3ClO.C2H6OS.CH2O3.2K.H2O17S.H/c1-3-5-6-7-8-9-10-11-12-13-14-15-17-22-18-16-21-19(20)4-2;1-2-3-4-5-6-7-8-9-10-11-12-13-15-18-16-14-17;1-2-3-4-5-6-7-8-9-10-11-12-13-14-15;1-2-3(4)5;3-1-2-4;2-1-4-3;;;1-2-3-4-5-6-7-8-9-10-11-12-13-14-15-16-17-18;/h4H,2-3,5-18H2,1H3;17H,2-16H2,1H3;2-14H2,1H3;2H,1H2;3-4H,1-2H2;1,3H;;;1,18H;/q;;;;;;2*+1;;-1/p-1. The van der Waals surface area contributed by atoms with E-state index < -0.39 is 5.24 Å². The predicted octanol–water partition coefficient (Wildman–Crippen LogP) is 10.3. The van der Waals surface area contributed by atoms with Crippen molar-refractivity contribution in [1.29, 1.82) is 0 Å². The molecule has 0 aromatic rings. The molecule has 0 aromatic heterocycles. The smallest absolute Gasteiger partial charge is 1.00 e. The summed E-state index contributed by atoms with van der Waals surface area (Å²) in [5, 5.41) is 84.2. The fraction of sp³-hybridized carbons (Fsp3) is 0.873. The van der Waals surface area contributed by atoms with Crippen LogP contribution in [0.5, 0.6) is 0 Å². The maximum atomic E-state index is 10.8. The molecule has 0 unspecified atom stereocenters. The van der Waals surface area contributed by atoms with Crippen molar-refractivity contribution < 1.29 is 229 Å². The number of thiol groups is 2. The minimum Gasteiger partial charge on any atom is -1.00 e. The van der Waals surface area contributed by atoms with Gasteiger partial charge in [-0.3, -0.25) is 9.59 Å². The number of aliphatic hydroxyl groups is 2. The number of esters is 1. The van der Waals surface area contributed by atoms with E-state index in [2.05, 4.69) is 160 Å². The Labute approximate surface area is 646 Å². The first-order valence-corrected chi connectivity index (χ1v) is 34.8. The molecular weight excluding hydrogens is 1380 g/mol. The molecule has 25 nitrogen and oxygen atoms in total. The maximum absolute atomic E-state index is 10.8. The van der Waals surface area contributed by atoms with Crippen LogP contribution in [0.4, 0.5) is 0 Å². The molecule has 522 valence electrons. The minimum atomic E-state index is -0.509. The maximum Gasteiger partial charge on any atom is 1.00 e. The Bertz CT molecular complexity index is 1150. The summed E-state index contributed by atoms with van der Waals surface area (Å²) in [4.78, 5) is 31.5. The van der Waals surface area contributed by atoms with E-state index in [0.29, 0.717) is 19.0 Å². The van der Waals surface area contributed by atoms with Crippen LogP contribution in [-0.4, -0.2) is 87.1 Å². The summed E-state index contributed by atoms with van der Waals surface area (Å²) in [5.74, 6) is 4.49. The van der Waals surface area contributed by atoms with Gasteiger partial charge in [0.15, 0.2) is 0 Å². The van der Waals surface area contributed by atoms with Gasteiger partial charge in [-0.25, -0.2) is 10.1 Å². The number of hydrogen-bond acceptors (Lipinski definition) is 29. The molecule has 3 N–H and O–H groups in total. The second-order valence-electron chi connectivity index (χ2n) is 17.9. The molecule has 0 rings (SSSR count). The number of allylic oxidation sites excluding steroid dienone is 1. The molecule has 0 aliphatic carbocycles. The van der Waals surface area contributed by atoms with Gasteiger partial charge in [-0.1, -0.05) is 262 Å². The Morgan fingerprint density at radius 2 is 0.750 bits per heavy atom. The third-order valence-electron chi connectivity index (χ3n) is 10.9. The second-order valence-corrected chi connectivity index (χ2v) is 22.1. The van der Waals surface area contributed by atoms with Crippen molar-refractivity contribution in [2.45, 2.75) is 252 Å². The van der Waals surface area contributed by atoms with Gasteiger partial charge in [-0.15, -0.1) is 4.33 Å². The quantitative estimate of drug-likeness (QED) is 0.00323. The molecule has 0 fully saturated rings. The average Bonchev–Trinajstić information content (AvgIpc) is 3.53. The summed E-state index contributed by atoms with van der Waals surface area (Å²) in [6.45, 7) is 14.1. The third-order valence-corrected chi connectivity index (χ3v) is 13.9. The number of carbonyl (C=O) groups excluding carboxylic acids is 3. The normalized spacial score (nSPS) is 9.94. The molecule has 0 saturated heterocycles. The van der Waals surface area contributed by atoms with Crippen molar-refractivity contribution in [1.82, 2.24) is 0 Å². The van der Waals surface area contributed by atoms with Gasteiger partial charge in [0.05, 0.1) is 13.2 Å². The molecule has 0 aliphatic rings.